The number of nitrogens with one attached hydrogen (secondary N) is 1. The van der Waals surface area contributed by atoms with Crippen molar-refractivity contribution >= 4 is 32.7 Å². The van der Waals surface area contributed by atoms with Gasteiger partial charge in [0.15, 0.2) is 5.65 Å². The summed E-state index contributed by atoms with van der Waals surface area (Å²) in [7, 11) is 0. The second-order valence-electron chi connectivity index (χ2n) is 3.56. The Labute approximate surface area is 107 Å². The molecule has 5 nitrogen and oxygen atoms in total. The topological polar surface area (TPSA) is 67.3 Å². The standard InChI is InChI=1S/C7H5NS.C5H4N4/c1-2-4-7-6(3-1)5-8-9-7;1-4-2-8-9-5(4)7-3-6-1/h1-5H;1-3H,(H,6,7,8,9). The Morgan fingerprint density at radius 2 is 1.94 bits per heavy atom. The maximum absolute atomic E-state index is 4.04. The van der Waals surface area contributed by atoms with Crippen LogP contribution in [0.15, 0.2) is 49.2 Å². The molecule has 88 valence electrons. The van der Waals surface area contributed by atoms with Gasteiger partial charge in [-0.3, -0.25) is 5.10 Å². The van der Waals surface area contributed by atoms with Crippen LogP contribution in [0.2, 0.25) is 0 Å². The minimum atomic E-state index is 0.782. The van der Waals surface area contributed by atoms with Crippen LogP contribution in [0.3, 0.4) is 0 Å². The molecule has 0 spiro atoms. The molecule has 0 aliphatic carbocycles. The van der Waals surface area contributed by atoms with Crippen LogP contribution in [0.5, 0.6) is 0 Å². The van der Waals surface area contributed by atoms with Gasteiger partial charge in [0.1, 0.15) is 6.33 Å². The predicted octanol–water partition coefficient (Wildman–Crippen LogP) is 2.65. The third-order valence-electron chi connectivity index (χ3n) is 2.38. The molecule has 0 radical (unpaired) electrons. The van der Waals surface area contributed by atoms with Crippen molar-refractivity contribution in [2.75, 3.05) is 0 Å². The van der Waals surface area contributed by atoms with E-state index in [0.717, 1.165) is 11.0 Å². The summed E-state index contributed by atoms with van der Waals surface area (Å²) in [6.45, 7) is 0. The van der Waals surface area contributed by atoms with Gasteiger partial charge in [-0.1, -0.05) is 18.2 Å². The number of hydrogen-bond acceptors (Lipinski definition) is 5. The lowest BCUT2D eigenvalue weighted by Crippen LogP contribution is -1.75. The molecule has 0 aliphatic rings. The summed E-state index contributed by atoms with van der Waals surface area (Å²) in [4.78, 5) is 7.73. The van der Waals surface area contributed by atoms with E-state index in [1.807, 2.05) is 18.3 Å². The van der Waals surface area contributed by atoms with Crippen LogP contribution in [0.1, 0.15) is 0 Å². The van der Waals surface area contributed by atoms with Gasteiger partial charge in [-0.25, -0.2) is 9.97 Å². The Morgan fingerprint density at radius 1 is 1.00 bits per heavy atom. The van der Waals surface area contributed by atoms with Crippen LogP contribution in [-0.2, 0) is 0 Å². The van der Waals surface area contributed by atoms with Crippen molar-refractivity contribution in [1.82, 2.24) is 24.5 Å². The molecule has 0 aliphatic heterocycles. The van der Waals surface area contributed by atoms with E-state index in [9.17, 15) is 0 Å². The lowest BCUT2D eigenvalue weighted by Gasteiger charge is -1.80. The molecule has 4 rings (SSSR count). The molecule has 0 saturated heterocycles. The average Bonchev–Trinajstić information content (AvgIpc) is 3.08. The van der Waals surface area contributed by atoms with E-state index in [4.69, 9.17) is 0 Å². The Hall–Kier alpha value is -2.34. The SMILES string of the molecule is c1ccc2sncc2c1.c1ncc2cn[nH]c2n1. The van der Waals surface area contributed by atoms with Gasteiger partial charge in [-0.2, -0.15) is 9.47 Å². The van der Waals surface area contributed by atoms with Gasteiger partial charge in [0.25, 0.3) is 0 Å². The van der Waals surface area contributed by atoms with Gasteiger partial charge in [0.2, 0.25) is 0 Å². The summed E-state index contributed by atoms with van der Waals surface area (Å²) < 4.78 is 5.30. The summed E-state index contributed by atoms with van der Waals surface area (Å²) in [5.41, 5.74) is 0.782. The van der Waals surface area contributed by atoms with E-state index < -0.39 is 0 Å². The minimum Gasteiger partial charge on any atom is -0.261 e. The molecule has 3 aromatic heterocycles. The van der Waals surface area contributed by atoms with E-state index >= 15 is 0 Å². The van der Waals surface area contributed by atoms with E-state index in [2.05, 4.69) is 36.7 Å². The molecular formula is C12H9N5S. The third kappa shape index (κ3) is 2.18. The largest absolute Gasteiger partial charge is 0.261 e. The van der Waals surface area contributed by atoms with Crippen LogP contribution in [-0.4, -0.2) is 24.5 Å². The quantitative estimate of drug-likeness (QED) is 0.524. The molecule has 0 fully saturated rings. The first-order chi connectivity index (χ1) is 8.93. The number of hydrogen-bond donors (Lipinski definition) is 1. The molecule has 1 aromatic carbocycles. The summed E-state index contributed by atoms with van der Waals surface area (Å²) in [6.07, 6.45) is 6.78. The Bertz CT molecular complexity index is 634. The number of benzene rings is 1. The fourth-order valence-corrected chi connectivity index (χ4v) is 2.15. The molecule has 1 N–H and O–H groups in total. The lowest BCUT2D eigenvalue weighted by atomic mass is 10.3. The number of aromatic nitrogens is 5. The number of nitrogens with zero attached hydrogens (tertiary/aromatic N) is 4. The van der Waals surface area contributed by atoms with Crippen LogP contribution in [0.4, 0.5) is 0 Å². The van der Waals surface area contributed by atoms with Gasteiger partial charge >= 0.3 is 0 Å². The van der Waals surface area contributed by atoms with Gasteiger partial charge in [0.05, 0.1) is 16.3 Å². The molecule has 3 heterocycles. The fraction of sp³-hybridized carbons (Fsp3) is 0. The number of H-pyrrole nitrogens is 1. The first-order valence-corrected chi connectivity index (χ1v) is 6.09. The van der Waals surface area contributed by atoms with Crippen molar-refractivity contribution in [1.29, 1.82) is 0 Å². The van der Waals surface area contributed by atoms with Crippen molar-refractivity contribution in [2.45, 2.75) is 0 Å². The van der Waals surface area contributed by atoms with Crippen molar-refractivity contribution in [3.8, 4) is 0 Å². The fourth-order valence-electron chi connectivity index (χ4n) is 1.50. The predicted molar refractivity (Wildman–Crippen MR) is 71.3 cm³/mol. The van der Waals surface area contributed by atoms with Crippen molar-refractivity contribution in [2.24, 2.45) is 0 Å². The monoisotopic (exact) mass is 255 g/mol. The highest BCUT2D eigenvalue weighted by molar-refractivity contribution is 7.13. The number of rotatable bonds is 0. The number of aromatic amines is 1. The lowest BCUT2D eigenvalue weighted by molar-refractivity contribution is 1.09. The highest BCUT2D eigenvalue weighted by Gasteiger charge is 1.91. The first kappa shape index (κ1) is 10.8. The van der Waals surface area contributed by atoms with Crippen LogP contribution in [0.25, 0.3) is 21.1 Å². The molecule has 0 unspecified atom stereocenters. The summed E-state index contributed by atoms with van der Waals surface area (Å²) in [6, 6.07) is 8.20. The van der Waals surface area contributed by atoms with E-state index in [1.165, 1.54) is 27.9 Å². The van der Waals surface area contributed by atoms with Crippen LogP contribution in [0, 0.1) is 0 Å². The van der Waals surface area contributed by atoms with Crippen molar-refractivity contribution < 1.29 is 0 Å². The second kappa shape index (κ2) is 4.89. The minimum absolute atomic E-state index is 0.782. The molecular weight excluding hydrogens is 246 g/mol. The Morgan fingerprint density at radius 3 is 2.83 bits per heavy atom. The van der Waals surface area contributed by atoms with Gasteiger partial charge in [-0.15, -0.1) is 0 Å². The van der Waals surface area contributed by atoms with Gasteiger partial charge in [-0.05, 0) is 17.6 Å². The summed E-state index contributed by atoms with van der Waals surface area (Å²) >= 11 is 1.54. The smallest absolute Gasteiger partial charge is 0.158 e. The maximum atomic E-state index is 4.04. The second-order valence-corrected chi connectivity index (χ2v) is 4.39. The first-order valence-electron chi connectivity index (χ1n) is 5.32. The normalized spacial score (nSPS) is 10.2. The van der Waals surface area contributed by atoms with E-state index in [0.29, 0.717) is 0 Å². The molecule has 0 amide bonds. The summed E-state index contributed by atoms with van der Waals surface area (Å²) in [5, 5.41) is 8.67. The van der Waals surface area contributed by atoms with Gasteiger partial charge in [0, 0.05) is 17.8 Å². The van der Waals surface area contributed by atoms with Crippen LogP contribution >= 0.6 is 11.5 Å². The average molecular weight is 255 g/mol. The zero-order chi connectivity index (χ0) is 12.2. The Kier molecular flexibility index (Phi) is 2.93. The molecule has 18 heavy (non-hydrogen) atoms. The zero-order valence-corrected chi connectivity index (χ0v) is 10.1. The Balaban J connectivity index is 0.000000111. The molecule has 4 aromatic rings. The molecule has 6 heteroatoms. The zero-order valence-electron chi connectivity index (χ0n) is 9.32. The highest BCUT2D eigenvalue weighted by atomic mass is 32.1. The highest BCUT2D eigenvalue weighted by Crippen LogP contribution is 2.15. The number of fused-ring (bicyclic) bond motifs is 2. The molecule has 0 atom stereocenters. The van der Waals surface area contributed by atoms with E-state index in [-0.39, 0.29) is 0 Å². The molecule has 0 bridgehead atoms. The van der Waals surface area contributed by atoms with E-state index in [1.54, 1.807) is 12.4 Å². The third-order valence-corrected chi connectivity index (χ3v) is 3.16. The van der Waals surface area contributed by atoms with Crippen molar-refractivity contribution in [3.63, 3.8) is 0 Å². The van der Waals surface area contributed by atoms with Gasteiger partial charge < -0.3 is 0 Å². The summed E-state index contributed by atoms with van der Waals surface area (Å²) in [5.74, 6) is 0. The maximum Gasteiger partial charge on any atom is 0.158 e. The van der Waals surface area contributed by atoms with Crippen molar-refractivity contribution in [3.05, 3.63) is 49.2 Å². The molecule has 0 saturated carbocycles. The van der Waals surface area contributed by atoms with Crippen LogP contribution < -0.4 is 0 Å².